The lowest BCUT2D eigenvalue weighted by Gasteiger charge is -2.29. The van der Waals surface area contributed by atoms with Crippen LogP contribution in [-0.4, -0.2) is 22.1 Å². The number of nitrogens with one attached hydrogen (secondary N) is 1. The molecule has 0 aromatic heterocycles. The number of ether oxygens (including phenoxy) is 1. The lowest BCUT2D eigenvalue weighted by Crippen LogP contribution is -2.40. The summed E-state index contributed by atoms with van der Waals surface area (Å²) in [4.78, 5) is 0.241. The second kappa shape index (κ2) is 7.47. The fourth-order valence-electron chi connectivity index (χ4n) is 3.36. The van der Waals surface area contributed by atoms with E-state index in [1.165, 1.54) is 18.7 Å². The van der Waals surface area contributed by atoms with Gasteiger partial charge in [0, 0.05) is 19.2 Å². The smallest absolute Gasteiger partial charge is 0.240 e. The SMILES string of the molecule is CO[C@](C)(CNS(=O)(=O)c1ccc2c(c1)CCCC2)c1ccccc1F. The van der Waals surface area contributed by atoms with Crippen LogP contribution in [0.15, 0.2) is 47.4 Å². The van der Waals surface area contributed by atoms with E-state index in [1.54, 1.807) is 37.3 Å². The van der Waals surface area contributed by atoms with Gasteiger partial charge in [-0.05, 0) is 61.9 Å². The maximum atomic E-state index is 14.1. The second-order valence-electron chi connectivity index (χ2n) is 6.88. The first kappa shape index (κ1) is 19.0. The van der Waals surface area contributed by atoms with E-state index < -0.39 is 21.4 Å². The summed E-state index contributed by atoms with van der Waals surface area (Å²) in [6.45, 7) is 1.60. The number of methoxy groups -OCH3 is 1. The molecule has 26 heavy (non-hydrogen) atoms. The zero-order valence-corrected chi connectivity index (χ0v) is 15.9. The van der Waals surface area contributed by atoms with Gasteiger partial charge in [0.1, 0.15) is 11.4 Å². The van der Waals surface area contributed by atoms with Crippen molar-refractivity contribution in [2.24, 2.45) is 0 Å². The molecule has 0 saturated heterocycles. The normalized spacial score (nSPS) is 16.7. The largest absolute Gasteiger partial charge is 0.372 e. The van der Waals surface area contributed by atoms with E-state index in [9.17, 15) is 12.8 Å². The van der Waals surface area contributed by atoms with Gasteiger partial charge in [0.2, 0.25) is 10.0 Å². The van der Waals surface area contributed by atoms with Gasteiger partial charge in [-0.15, -0.1) is 0 Å². The number of sulfonamides is 1. The molecule has 0 aliphatic heterocycles. The third-order valence-corrected chi connectivity index (χ3v) is 6.52. The van der Waals surface area contributed by atoms with Crippen LogP contribution in [0.2, 0.25) is 0 Å². The van der Waals surface area contributed by atoms with E-state index in [-0.39, 0.29) is 11.4 Å². The van der Waals surface area contributed by atoms with E-state index in [4.69, 9.17) is 4.74 Å². The highest BCUT2D eigenvalue weighted by molar-refractivity contribution is 7.89. The summed E-state index contributed by atoms with van der Waals surface area (Å²) >= 11 is 0. The first-order valence-electron chi connectivity index (χ1n) is 8.77. The Bertz CT molecular complexity index is 898. The van der Waals surface area contributed by atoms with Crippen LogP contribution in [0.5, 0.6) is 0 Å². The number of hydrogen-bond donors (Lipinski definition) is 1. The van der Waals surface area contributed by atoms with Crippen LogP contribution >= 0.6 is 0 Å². The molecule has 2 aromatic carbocycles. The Morgan fingerprint density at radius 1 is 1.12 bits per heavy atom. The fraction of sp³-hybridized carbons (Fsp3) is 0.400. The molecule has 3 rings (SSSR count). The predicted octanol–water partition coefficient (Wildman–Crippen LogP) is 3.54. The molecular weight excluding hydrogens is 353 g/mol. The zero-order chi connectivity index (χ0) is 18.8. The van der Waals surface area contributed by atoms with E-state index in [1.807, 2.05) is 6.07 Å². The Morgan fingerprint density at radius 3 is 2.50 bits per heavy atom. The summed E-state index contributed by atoms with van der Waals surface area (Å²) in [7, 11) is -2.27. The van der Waals surface area contributed by atoms with Crippen LogP contribution in [0, 0.1) is 5.82 Å². The number of halogens is 1. The van der Waals surface area contributed by atoms with Gasteiger partial charge < -0.3 is 4.74 Å². The molecular formula is C20H24FNO3S. The lowest BCUT2D eigenvalue weighted by molar-refractivity contribution is 0.00410. The molecule has 0 spiro atoms. The van der Waals surface area contributed by atoms with Crippen molar-refractivity contribution in [1.29, 1.82) is 0 Å². The highest BCUT2D eigenvalue weighted by Gasteiger charge is 2.31. The van der Waals surface area contributed by atoms with Crippen molar-refractivity contribution in [3.8, 4) is 0 Å². The van der Waals surface area contributed by atoms with Gasteiger partial charge in [-0.2, -0.15) is 0 Å². The molecule has 0 heterocycles. The predicted molar refractivity (Wildman–Crippen MR) is 99.0 cm³/mol. The number of rotatable bonds is 6. The molecule has 4 nitrogen and oxygen atoms in total. The topological polar surface area (TPSA) is 55.4 Å². The Labute approximate surface area is 154 Å². The molecule has 0 bridgehead atoms. The minimum Gasteiger partial charge on any atom is -0.372 e. The van der Waals surface area contributed by atoms with Crippen LogP contribution in [0.1, 0.15) is 36.5 Å². The van der Waals surface area contributed by atoms with Crippen LogP contribution in [0.4, 0.5) is 4.39 Å². The molecule has 0 saturated carbocycles. The average molecular weight is 377 g/mol. The monoisotopic (exact) mass is 377 g/mol. The van der Waals surface area contributed by atoms with Crippen molar-refractivity contribution >= 4 is 10.0 Å². The van der Waals surface area contributed by atoms with Gasteiger partial charge in [-0.25, -0.2) is 17.5 Å². The van der Waals surface area contributed by atoms with Crippen molar-refractivity contribution in [3.05, 3.63) is 65.0 Å². The fourth-order valence-corrected chi connectivity index (χ4v) is 4.54. The minimum absolute atomic E-state index is 0.0656. The summed E-state index contributed by atoms with van der Waals surface area (Å²) in [5.41, 5.74) is 1.54. The van der Waals surface area contributed by atoms with Gasteiger partial charge in [0.05, 0.1) is 4.90 Å². The van der Waals surface area contributed by atoms with E-state index in [2.05, 4.69) is 4.72 Å². The second-order valence-corrected chi connectivity index (χ2v) is 8.64. The number of aryl methyl sites for hydroxylation is 2. The van der Waals surface area contributed by atoms with Gasteiger partial charge in [-0.3, -0.25) is 0 Å². The minimum atomic E-state index is -3.71. The third kappa shape index (κ3) is 3.82. The molecule has 0 fully saturated rings. The first-order chi connectivity index (χ1) is 12.4. The quantitative estimate of drug-likeness (QED) is 0.838. The highest BCUT2D eigenvalue weighted by atomic mass is 32.2. The summed E-state index contributed by atoms with van der Waals surface area (Å²) < 4.78 is 47.7. The van der Waals surface area contributed by atoms with E-state index in [0.717, 1.165) is 31.2 Å². The van der Waals surface area contributed by atoms with Crippen LogP contribution in [-0.2, 0) is 33.2 Å². The summed E-state index contributed by atoms with van der Waals surface area (Å²) in [6, 6.07) is 11.5. The third-order valence-electron chi connectivity index (χ3n) is 5.12. The molecule has 2 aromatic rings. The van der Waals surface area contributed by atoms with Crippen molar-refractivity contribution in [3.63, 3.8) is 0 Å². The van der Waals surface area contributed by atoms with Crippen molar-refractivity contribution in [1.82, 2.24) is 4.72 Å². The van der Waals surface area contributed by atoms with E-state index in [0.29, 0.717) is 5.56 Å². The molecule has 1 atom stereocenters. The van der Waals surface area contributed by atoms with Crippen LogP contribution in [0.25, 0.3) is 0 Å². The molecule has 1 aliphatic carbocycles. The first-order valence-corrected chi connectivity index (χ1v) is 10.3. The van der Waals surface area contributed by atoms with Gasteiger partial charge >= 0.3 is 0 Å². The van der Waals surface area contributed by atoms with Crippen molar-refractivity contribution in [2.45, 2.75) is 43.1 Å². The summed E-state index contributed by atoms with van der Waals surface area (Å²) in [5.74, 6) is -0.426. The average Bonchev–Trinajstić information content (AvgIpc) is 2.66. The highest BCUT2D eigenvalue weighted by Crippen LogP contribution is 2.28. The van der Waals surface area contributed by atoms with E-state index >= 15 is 0 Å². The number of fused-ring (bicyclic) bond motifs is 1. The van der Waals surface area contributed by atoms with Crippen molar-refractivity contribution < 1.29 is 17.5 Å². The molecule has 6 heteroatoms. The Hall–Kier alpha value is -1.76. The Morgan fingerprint density at radius 2 is 1.81 bits per heavy atom. The standard InChI is InChI=1S/C20H24FNO3S/c1-20(25-2,18-9-5-6-10-19(18)21)14-22-26(23,24)17-12-11-15-7-3-4-8-16(15)13-17/h5-6,9-13,22H,3-4,7-8,14H2,1-2H3/t20-/m1/s1. The number of benzene rings is 2. The number of hydrogen-bond acceptors (Lipinski definition) is 3. The lowest BCUT2D eigenvalue weighted by atomic mass is 9.92. The Balaban J connectivity index is 1.82. The maximum Gasteiger partial charge on any atom is 0.240 e. The molecule has 1 aliphatic rings. The van der Waals surface area contributed by atoms with Crippen molar-refractivity contribution in [2.75, 3.05) is 13.7 Å². The Kier molecular flexibility index (Phi) is 5.46. The van der Waals surface area contributed by atoms with Crippen LogP contribution < -0.4 is 4.72 Å². The zero-order valence-electron chi connectivity index (χ0n) is 15.1. The van der Waals surface area contributed by atoms with Crippen LogP contribution in [0.3, 0.4) is 0 Å². The molecule has 0 amide bonds. The molecule has 0 radical (unpaired) electrons. The molecule has 1 N–H and O–H groups in total. The molecule has 0 unspecified atom stereocenters. The van der Waals surface area contributed by atoms with Gasteiger partial charge in [0.15, 0.2) is 0 Å². The molecule has 140 valence electrons. The summed E-state index contributed by atoms with van der Waals surface area (Å²) in [6.07, 6.45) is 4.13. The maximum absolute atomic E-state index is 14.1. The van der Waals surface area contributed by atoms with Gasteiger partial charge in [0.25, 0.3) is 0 Å². The summed E-state index contributed by atoms with van der Waals surface area (Å²) in [5, 5.41) is 0. The van der Waals surface area contributed by atoms with Gasteiger partial charge in [-0.1, -0.05) is 24.3 Å².